The Bertz CT molecular complexity index is 1470. The minimum atomic E-state index is -1.61. The Morgan fingerprint density at radius 1 is 1.02 bits per heavy atom. The van der Waals surface area contributed by atoms with Crippen molar-refractivity contribution in [3.8, 4) is 17.6 Å². The molecule has 2 aromatic rings. The van der Waals surface area contributed by atoms with Gasteiger partial charge in [-0.3, -0.25) is 24.7 Å². The largest absolute Gasteiger partial charge is 0.497 e. The van der Waals surface area contributed by atoms with Gasteiger partial charge in [-0.05, 0) is 53.4 Å². The highest BCUT2D eigenvalue weighted by Crippen LogP contribution is 2.30. The lowest BCUT2D eigenvalue weighted by Gasteiger charge is -2.41. The molecule has 43 heavy (non-hydrogen) atoms. The van der Waals surface area contributed by atoms with E-state index in [2.05, 4.69) is 37.5 Å². The molecule has 1 aliphatic carbocycles. The van der Waals surface area contributed by atoms with Crippen LogP contribution >= 0.6 is 0 Å². The minimum Gasteiger partial charge on any atom is -0.497 e. The summed E-state index contributed by atoms with van der Waals surface area (Å²) in [4.78, 5) is 56.4. The number of methoxy groups -OCH3 is 1. The van der Waals surface area contributed by atoms with Crippen LogP contribution in [0.2, 0.25) is 0 Å². The summed E-state index contributed by atoms with van der Waals surface area (Å²) in [5.41, 5.74) is 1.08. The lowest BCUT2D eigenvalue weighted by atomic mass is 9.93. The molecule has 3 fully saturated rings. The summed E-state index contributed by atoms with van der Waals surface area (Å²) in [6.45, 7) is 3.63. The highest BCUT2D eigenvalue weighted by atomic mass is 16.5. The van der Waals surface area contributed by atoms with Crippen molar-refractivity contribution in [3.63, 3.8) is 0 Å². The molecule has 0 aromatic heterocycles. The average Bonchev–Trinajstić information content (AvgIpc) is 3.50. The van der Waals surface area contributed by atoms with Gasteiger partial charge in [-0.2, -0.15) is 0 Å². The molecule has 3 heterocycles. The van der Waals surface area contributed by atoms with Gasteiger partial charge in [-0.25, -0.2) is 4.79 Å². The topological polar surface area (TPSA) is 124 Å². The van der Waals surface area contributed by atoms with Crippen LogP contribution in [0.3, 0.4) is 0 Å². The van der Waals surface area contributed by atoms with Gasteiger partial charge < -0.3 is 15.0 Å². The first-order valence-electron chi connectivity index (χ1n) is 14.9. The summed E-state index contributed by atoms with van der Waals surface area (Å²) in [6.07, 6.45) is 5.89. The van der Waals surface area contributed by atoms with Gasteiger partial charge in [0.1, 0.15) is 5.75 Å². The number of hydrogen-bond donors (Lipinski definition) is 2. The number of nitrogens with zero attached hydrogens (tertiary/aromatic N) is 4. The van der Waals surface area contributed by atoms with Gasteiger partial charge in [-0.15, -0.1) is 4.91 Å². The van der Waals surface area contributed by atoms with Gasteiger partial charge in [0.25, 0.3) is 11.8 Å². The van der Waals surface area contributed by atoms with E-state index in [0.717, 1.165) is 37.3 Å². The predicted molar refractivity (Wildman–Crippen MR) is 159 cm³/mol. The van der Waals surface area contributed by atoms with Crippen molar-refractivity contribution in [1.29, 1.82) is 0 Å². The van der Waals surface area contributed by atoms with E-state index in [9.17, 15) is 19.3 Å². The lowest BCUT2D eigenvalue weighted by molar-refractivity contribution is -0.122. The Balaban J connectivity index is 1.14. The number of imide groups is 1. The zero-order valence-corrected chi connectivity index (χ0v) is 24.3. The number of amides is 4. The van der Waals surface area contributed by atoms with Gasteiger partial charge in [0.05, 0.1) is 13.7 Å². The fourth-order valence-corrected chi connectivity index (χ4v) is 6.66. The third-order valence-electron chi connectivity index (χ3n) is 9.08. The molecule has 2 aromatic carbocycles. The maximum absolute atomic E-state index is 13.2. The van der Waals surface area contributed by atoms with Crippen molar-refractivity contribution in [1.82, 2.24) is 25.3 Å². The third kappa shape index (κ3) is 5.85. The second-order valence-electron chi connectivity index (χ2n) is 11.7. The van der Waals surface area contributed by atoms with E-state index in [0.29, 0.717) is 22.9 Å². The Labute approximate surface area is 250 Å². The molecule has 2 N–H and O–H groups in total. The summed E-state index contributed by atoms with van der Waals surface area (Å²) < 4.78 is 5.24. The van der Waals surface area contributed by atoms with E-state index in [4.69, 9.17) is 4.74 Å². The molecule has 2 saturated heterocycles. The smallest absolute Gasteiger partial charge is 0.323 e. The van der Waals surface area contributed by atoms with Crippen molar-refractivity contribution in [2.24, 2.45) is 5.18 Å². The molecule has 0 radical (unpaired) electrons. The van der Waals surface area contributed by atoms with Crippen LogP contribution in [0, 0.1) is 16.7 Å². The maximum Gasteiger partial charge on any atom is 0.323 e. The molecule has 11 heteroatoms. The van der Waals surface area contributed by atoms with Crippen LogP contribution in [0.25, 0.3) is 0 Å². The number of rotatable bonds is 7. The first-order valence-corrected chi connectivity index (χ1v) is 14.9. The van der Waals surface area contributed by atoms with Crippen LogP contribution in [0.5, 0.6) is 5.75 Å². The molecule has 4 aliphatic rings. The van der Waals surface area contributed by atoms with Crippen LogP contribution in [0.4, 0.5) is 4.79 Å². The molecule has 11 nitrogen and oxygen atoms in total. The van der Waals surface area contributed by atoms with Crippen molar-refractivity contribution in [2.45, 2.75) is 56.4 Å². The van der Waals surface area contributed by atoms with E-state index in [1.807, 2.05) is 18.2 Å². The SMILES string of the molecule is COc1ccc2c(c1)C(=O)N(C[C@@]1(C#Cc3ccc(C(N=O)N4CCN(C5CCCCC5)CC4)cc3)NC(=O)NC1=O)C2. The molecule has 1 saturated carbocycles. The predicted octanol–water partition coefficient (Wildman–Crippen LogP) is 3.00. The van der Waals surface area contributed by atoms with E-state index in [1.54, 1.807) is 24.3 Å². The Hall–Kier alpha value is -4.27. The van der Waals surface area contributed by atoms with Crippen LogP contribution in [0.15, 0.2) is 47.6 Å². The Morgan fingerprint density at radius 2 is 1.77 bits per heavy atom. The van der Waals surface area contributed by atoms with E-state index < -0.39 is 23.6 Å². The number of piperazine rings is 1. The Morgan fingerprint density at radius 3 is 2.42 bits per heavy atom. The van der Waals surface area contributed by atoms with Crippen molar-refractivity contribution >= 4 is 17.8 Å². The number of urea groups is 1. The van der Waals surface area contributed by atoms with Gasteiger partial charge in [0, 0.05) is 49.9 Å². The highest BCUT2D eigenvalue weighted by molar-refractivity contribution is 6.10. The van der Waals surface area contributed by atoms with Gasteiger partial charge in [-0.1, -0.05) is 49.3 Å². The first-order chi connectivity index (χ1) is 20.9. The highest BCUT2D eigenvalue weighted by Gasteiger charge is 2.48. The summed E-state index contributed by atoms with van der Waals surface area (Å²) in [6, 6.07) is 12.5. The number of benzene rings is 2. The fraction of sp³-hybridized carbons (Fsp3) is 0.469. The van der Waals surface area contributed by atoms with Crippen molar-refractivity contribution < 1.29 is 19.1 Å². The number of hydrogen-bond acceptors (Lipinski definition) is 8. The molecular formula is C32H36N6O5. The second kappa shape index (κ2) is 12.1. The molecule has 1 unspecified atom stereocenters. The van der Waals surface area contributed by atoms with E-state index in [-0.39, 0.29) is 19.0 Å². The van der Waals surface area contributed by atoms with Crippen molar-refractivity contribution in [3.05, 3.63) is 69.6 Å². The number of ether oxygens (including phenoxy) is 1. The summed E-state index contributed by atoms with van der Waals surface area (Å²) in [5, 5.41) is 8.35. The lowest BCUT2D eigenvalue weighted by Crippen LogP contribution is -2.54. The zero-order chi connectivity index (χ0) is 30.0. The quantitative estimate of drug-likeness (QED) is 0.291. The number of nitroso groups, excluding NO2 is 1. The van der Waals surface area contributed by atoms with Crippen LogP contribution < -0.4 is 15.4 Å². The van der Waals surface area contributed by atoms with Gasteiger partial charge >= 0.3 is 6.03 Å². The summed E-state index contributed by atoms with van der Waals surface area (Å²) >= 11 is 0. The number of carbonyl (C=O) groups excluding carboxylic acids is 3. The van der Waals surface area contributed by atoms with Crippen LogP contribution in [-0.2, 0) is 11.3 Å². The zero-order valence-electron chi connectivity index (χ0n) is 24.3. The van der Waals surface area contributed by atoms with Crippen LogP contribution in [-0.4, -0.2) is 84.0 Å². The molecule has 0 spiro atoms. The van der Waals surface area contributed by atoms with Crippen LogP contribution in [0.1, 0.15) is 65.3 Å². The molecule has 6 rings (SSSR count). The maximum atomic E-state index is 13.2. The van der Waals surface area contributed by atoms with E-state index >= 15 is 0 Å². The Kier molecular flexibility index (Phi) is 8.15. The third-order valence-corrected chi connectivity index (χ3v) is 9.08. The second-order valence-corrected chi connectivity index (χ2v) is 11.7. The summed E-state index contributed by atoms with van der Waals surface area (Å²) in [7, 11) is 1.53. The van der Waals surface area contributed by atoms with E-state index in [1.165, 1.54) is 44.1 Å². The number of nitrogens with one attached hydrogen (secondary N) is 2. The molecule has 2 atom stereocenters. The normalized spacial score (nSPS) is 23.7. The molecule has 4 amide bonds. The monoisotopic (exact) mass is 584 g/mol. The minimum absolute atomic E-state index is 0.116. The van der Waals surface area contributed by atoms with Gasteiger partial charge in [0.15, 0.2) is 6.17 Å². The fourth-order valence-electron chi connectivity index (χ4n) is 6.66. The number of carbonyl (C=O) groups is 3. The first kappa shape index (κ1) is 28.8. The number of fused-ring (bicyclic) bond motifs is 1. The standard InChI is InChI=1S/C32H36N6O5/c1-43-26-12-11-24-20-38(29(39)27(24)19-26)21-32(30(40)33-31(41)34-32)14-13-22-7-9-23(10-8-22)28(35-42)37-17-15-36(16-18-37)25-5-3-2-4-6-25/h7-12,19,25,28H,2-6,15-18,20-21H2,1H3,(H2,33,34,40,41)/t28?,32-/m1/s1. The summed E-state index contributed by atoms with van der Waals surface area (Å²) in [5.74, 6) is 5.62. The molecule has 3 aliphatic heterocycles. The van der Waals surface area contributed by atoms with Gasteiger partial charge in [0.2, 0.25) is 5.54 Å². The average molecular weight is 585 g/mol. The molecule has 0 bridgehead atoms. The molecular weight excluding hydrogens is 548 g/mol. The molecule has 224 valence electrons. The van der Waals surface area contributed by atoms with Crippen molar-refractivity contribution in [2.75, 3.05) is 39.8 Å².